The topological polar surface area (TPSA) is 4.93 Å². The third-order valence-electron chi connectivity index (χ3n) is 3.24. The molecule has 0 bridgehead atoms. The Morgan fingerprint density at radius 2 is 1.67 bits per heavy atom. The van der Waals surface area contributed by atoms with Crippen LogP contribution in [0.3, 0.4) is 0 Å². The van der Waals surface area contributed by atoms with Crippen LogP contribution in [0.4, 0.5) is 0 Å². The number of nitrogens with zero attached hydrogens (tertiary/aromatic N) is 1. The summed E-state index contributed by atoms with van der Waals surface area (Å²) < 4.78 is 2.50. The maximum absolute atomic E-state index is 2.50. The quantitative estimate of drug-likeness (QED) is 0.599. The van der Waals surface area contributed by atoms with E-state index in [1.807, 2.05) is 0 Å². The van der Waals surface area contributed by atoms with Gasteiger partial charge in [-0.05, 0) is 52.2 Å². The van der Waals surface area contributed by atoms with Crippen LogP contribution in [-0.2, 0) is 5.54 Å². The molecule has 66 valence electrons. The molecule has 0 aliphatic heterocycles. The average molecular weight is 163 g/mol. The molecule has 1 fully saturated rings. The maximum atomic E-state index is 2.50. The first-order valence-corrected chi connectivity index (χ1v) is 4.79. The van der Waals surface area contributed by atoms with Gasteiger partial charge in [0.05, 0.1) is 0 Å². The fraction of sp³-hybridized carbons (Fsp3) is 0.636. The molecule has 1 heterocycles. The minimum Gasteiger partial charge on any atom is -0.343 e. The van der Waals surface area contributed by atoms with Gasteiger partial charge in [0, 0.05) is 16.9 Å². The van der Waals surface area contributed by atoms with Gasteiger partial charge in [-0.25, -0.2) is 0 Å². The van der Waals surface area contributed by atoms with Crippen LogP contribution in [-0.4, -0.2) is 4.57 Å². The minimum atomic E-state index is 0.442. The Kier molecular flexibility index (Phi) is 1.57. The number of hydrogen-bond donors (Lipinski definition) is 0. The summed E-state index contributed by atoms with van der Waals surface area (Å²) >= 11 is 0. The second kappa shape index (κ2) is 2.38. The third-order valence-corrected chi connectivity index (χ3v) is 3.24. The average Bonchev–Trinajstić information content (AvgIpc) is 2.27. The number of aromatic nitrogens is 1. The summed E-state index contributed by atoms with van der Waals surface area (Å²) in [7, 11) is 0. The summed E-state index contributed by atoms with van der Waals surface area (Å²) in [5.74, 6) is 0. The van der Waals surface area contributed by atoms with Crippen LogP contribution < -0.4 is 0 Å². The first kappa shape index (κ1) is 7.90. The molecule has 1 aromatic heterocycles. The zero-order valence-electron chi connectivity index (χ0n) is 8.22. The molecule has 0 radical (unpaired) electrons. The van der Waals surface area contributed by atoms with Crippen molar-refractivity contribution in [3.63, 3.8) is 0 Å². The van der Waals surface area contributed by atoms with E-state index in [9.17, 15) is 0 Å². The van der Waals surface area contributed by atoms with Gasteiger partial charge in [0.15, 0.2) is 0 Å². The molecule has 1 saturated carbocycles. The van der Waals surface area contributed by atoms with Crippen molar-refractivity contribution in [1.29, 1.82) is 0 Å². The predicted octanol–water partition coefficient (Wildman–Crippen LogP) is 3.00. The summed E-state index contributed by atoms with van der Waals surface area (Å²) in [4.78, 5) is 0. The standard InChI is InChI=1S/C11H17N/c1-9-5-6-10(2)12(9)11(3)7-4-8-11/h5-6H,4,7-8H2,1-3H3. The van der Waals surface area contributed by atoms with Crippen molar-refractivity contribution in [3.05, 3.63) is 23.5 Å². The van der Waals surface area contributed by atoms with Crippen LogP contribution >= 0.6 is 0 Å². The van der Waals surface area contributed by atoms with E-state index in [4.69, 9.17) is 0 Å². The van der Waals surface area contributed by atoms with Gasteiger partial charge in [-0.1, -0.05) is 0 Å². The van der Waals surface area contributed by atoms with Crippen LogP contribution in [0.1, 0.15) is 37.6 Å². The molecule has 12 heavy (non-hydrogen) atoms. The molecule has 0 saturated heterocycles. The van der Waals surface area contributed by atoms with Crippen molar-refractivity contribution >= 4 is 0 Å². The number of aryl methyl sites for hydroxylation is 2. The van der Waals surface area contributed by atoms with Gasteiger partial charge in [0.2, 0.25) is 0 Å². The van der Waals surface area contributed by atoms with Gasteiger partial charge in [-0.2, -0.15) is 0 Å². The summed E-state index contributed by atoms with van der Waals surface area (Å²) in [6, 6.07) is 4.44. The lowest BCUT2D eigenvalue weighted by Gasteiger charge is -2.42. The molecule has 0 unspecified atom stereocenters. The molecule has 0 N–H and O–H groups in total. The normalized spacial score (nSPS) is 20.6. The predicted molar refractivity (Wildman–Crippen MR) is 51.4 cm³/mol. The van der Waals surface area contributed by atoms with E-state index < -0.39 is 0 Å². The summed E-state index contributed by atoms with van der Waals surface area (Å²) in [5.41, 5.74) is 3.27. The Balaban J connectivity index is 2.44. The van der Waals surface area contributed by atoms with Crippen molar-refractivity contribution < 1.29 is 0 Å². The molecular weight excluding hydrogens is 146 g/mol. The van der Waals surface area contributed by atoms with Gasteiger partial charge in [-0.3, -0.25) is 0 Å². The lowest BCUT2D eigenvalue weighted by molar-refractivity contribution is 0.163. The summed E-state index contributed by atoms with van der Waals surface area (Å²) in [5, 5.41) is 0. The molecule has 1 aliphatic rings. The lowest BCUT2D eigenvalue weighted by atomic mass is 9.78. The largest absolute Gasteiger partial charge is 0.343 e. The Morgan fingerprint density at radius 3 is 2.00 bits per heavy atom. The van der Waals surface area contributed by atoms with E-state index >= 15 is 0 Å². The first-order valence-electron chi connectivity index (χ1n) is 4.79. The Labute approximate surface area is 74.4 Å². The second-order valence-electron chi connectivity index (χ2n) is 4.30. The molecular formula is C11H17N. The third kappa shape index (κ3) is 0.921. The van der Waals surface area contributed by atoms with Crippen LogP contribution in [0.5, 0.6) is 0 Å². The second-order valence-corrected chi connectivity index (χ2v) is 4.30. The molecule has 0 aromatic carbocycles. The highest BCUT2D eigenvalue weighted by atomic mass is 15.1. The van der Waals surface area contributed by atoms with E-state index in [1.165, 1.54) is 30.7 Å². The van der Waals surface area contributed by atoms with Crippen molar-refractivity contribution in [1.82, 2.24) is 4.57 Å². The van der Waals surface area contributed by atoms with E-state index in [0.717, 1.165) is 0 Å². The van der Waals surface area contributed by atoms with Crippen molar-refractivity contribution in [2.24, 2.45) is 0 Å². The van der Waals surface area contributed by atoms with E-state index in [1.54, 1.807) is 0 Å². The van der Waals surface area contributed by atoms with Crippen molar-refractivity contribution in [3.8, 4) is 0 Å². The molecule has 0 spiro atoms. The van der Waals surface area contributed by atoms with Gasteiger partial charge in [-0.15, -0.1) is 0 Å². The minimum absolute atomic E-state index is 0.442. The van der Waals surface area contributed by atoms with Crippen LogP contribution in [0, 0.1) is 13.8 Å². The van der Waals surface area contributed by atoms with Gasteiger partial charge in [0.1, 0.15) is 0 Å². The van der Waals surface area contributed by atoms with E-state index in [0.29, 0.717) is 5.54 Å². The molecule has 1 aliphatic carbocycles. The zero-order valence-corrected chi connectivity index (χ0v) is 8.22. The van der Waals surface area contributed by atoms with Crippen molar-refractivity contribution in [2.75, 3.05) is 0 Å². The van der Waals surface area contributed by atoms with Crippen molar-refractivity contribution in [2.45, 2.75) is 45.6 Å². The highest BCUT2D eigenvalue weighted by molar-refractivity contribution is 5.18. The molecule has 1 nitrogen and oxygen atoms in total. The Hall–Kier alpha value is -0.720. The van der Waals surface area contributed by atoms with Crippen LogP contribution in [0.15, 0.2) is 12.1 Å². The molecule has 0 atom stereocenters. The zero-order chi connectivity index (χ0) is 8.77. The maximum Gasteiger partial charge on any atom is 0.0416 e. The Morgan fingerprint density at radius 1 is 1.17 bits per heavy atom. The number of rotatable bonds is 1. The molecule has 1 aromatic rings. The first-order chi connectivity index (χ1) is 5.63. The van der Waals surface area contributed by atoms with Gasteiger partial charge < -0.3 is 4.57 Å². The van der Waals surface area contributed by atoms with E-state index in [-0.39, 0.29) is 0 Å². The summed E-state index contributed by atoms with van der Waals surface area (Å²) in [6.07, 6.45) is 4.10. The SMILES string of the molecule is Cc1ccc(C)n1C1(C)CCC1. The fourth-order valence-electron chi connectivity index (χ4n) is 2.43. The molecule has 0 amide bonds. The van der Waals surface area contributed by atoms with Gasteiger partial charge >= 0.3 is 0 Å². The monoisotopic (exact) mass is 163 g/mol. The lowest BCUT2D eigenvalue weighted by Crippen LogP contribution is -2.38. The van der Waals surface area contributed by atoms with Crippen LogP contribution in [0.2, 0.25) is 0 Å². The summed E-state index contributed by atoms with van der Waals surface area (Å²) in [6.45, 7) is 6.78. The highest BCUT2D eigenvalue weighted by Gasteiger charge is 2.34. The fourth-order valence-corrected chi connectivity index (χ4v) is 2.43. The Bertz CT molecular complexity index is 272. The highest BCUT2D eigenvalue weighted by Crippen LogP contribution is 2.40. The smallest absolute Gasteiger partial charge is 0.0416 e. The molecule has 1 heteroatoms. The van der Waals surface area contributed by atoms with E-state index in [2.05, 4.69) is 37.5 Å². The number of hydrogen-bond acceptors (Lipinski definition) is 0. The van der Waals surface area contributed by atoms with Gasteiger partial charge in [0.25, 0.3) is 0 Å². The molecule has 2 rings (SSSR count). The van der Waals surface area contributed by atoms with Crippen LogP contribution in [0.25, 0.3) is 0 Å².